The summed E-state index contributed by atoms with van der Waals surface area (Å²) < 4.78 is 12.0. The minimum atomic E-state index is 0.150. The largest absolute Gasteiger partial charge is 0.496 e. The number of ether oxygens (including phenoxy) is 2. The molecule has 1 aliphatic rings. The van der Waals surface area contributed by atoms with Crippen LogP contribution < -0.4 is 10.5 Å². The second-order valence-electron chi connectivity index (χ2n) is 4.42. The van der Waals surface area contributed by atoms with Crippen molar-refractivity contribution in [2.24, 2.45) is 5.73 Å². The van der Waals surface area contributed by atoms with Gasteiger partial charge in [-0.2, -0.15) is 0 Å². The lowest BCUT2D eigenvalue weighted by Crippen LogP contribution is -2.45. The summed E-state index contributed by atoms with van der Waals surface area (Å²) in [5.74, 6) is 0.925. The van der Waals surface area contributed by atoms with Gasteiger partial charge in [-0.1, -0.05) is 15.9 Å². The van der Waals surface area contributed by atoms with E-state index in [2.05, 4.69) is 26.9 Å². The van der Waals surface area contributed by atoms with Crippen molar-refractivity contribution in [3.8, 4) is 5.75 Å². The SMILES string of the molecule is COc1ccc(Br)cc1CN1CCOC(CN)C1. The minimum Gasteiger partial charge on any atom is -0.496 e. The van der Waals surface area contributed by atoms with Crippen molar-refractivity contribution >= 4 is 15.9 Å². The van der Waals surface area contributed by atoms with Crippen molar-refractivity contribution in [2.75, 3.05) is 33.4 Å². The van der Waals surface area contributed by atoms with Gasteiger partial charge in [0.1, 0.15) is 5.75 Å². The predicted molar refractivity (Wildman–Crippen MR) is 74.8 cm³/mol. The molecule has 18 heavy (non-hydrogen) atoms. The number of rotatable bonds is 4. The summed E-state index contributed by atoms with van der Waals surface area (Å²) in [5.41, 5.74) is 6.84. The smallest absolute Gasteiger partial charge is 0.123 e. The Kier molecular flexibility index (Phi) is 5.00. The first-order chi connectivity index (χ1) is 8.72. The van der Waals surface area contributed by atoms with E-state index in [1.807, 2.05) is 12.1 Å². The van der Waals surface area contributed by atoms with Crippen molar-refractivity contribution in [2.45, 2.75) is 12.6 Å². The molecule has 1 fully saturated rings. The zero-order chi connectivity index (χ0) is 13.0. The molecule has 1 aromatic rings. The topological polar surface area (TPSA) is 47.7 Å². The van der Waals surface area contributed by atoms with Crippen LogP contribution >= 0.6 is 15.9 Å². The van der Waals surface area contributed by atoms with Gasteiger partial charge in [-0.3, -0.25) is 4.90 Å². The van der Waals surface area contributed by atoms with E-state index in [-0.39, 0.29) is 6.10 Å². The molecule has 5 heteroatoms. The quantitative estimate of drug-likeness (QED) is 0.917. The van der Waals surface area contributed by atoms with E-state index in [9.17, 15) is 0 Å². The molecular formula is C13H19BrN2O2. The molecule has 2 N–H and O–H groups in total. The molecule has 0 aromatic heterocycles. The molecule has 0 amide bonds. The van der Waals surface area contributed by atoms with Crippen LogP contribution in [-0.2, 0) is 11.3 Å². The molecule has 1 aromatic carbocycles. The monoisotopic (exact) mass is 314 g/mol. The number of nitrogens with two attached hydrogens (primary N) is 1. The van der Waals surface area contributed by atoms with Gasteiger partial charge in [0.15, 0.2) is 0 Å². The summed E-state index contributed by atoms with van der Waals surface area (Å²) >= 11 is 3.50. The van der Waals surface area contributed by atoms with Crippen molar-refractivity contribution in [3.05, 3.63) is 28.2 Å². The molecule has 0 spiro atoms. The van der Waals surface area contributed by atoms with Gasteiger partial charge in [-0.25, -0.2) is 0 Å². The fraction of sp³-hybridized carbons (Fsp3) is 0.538. The number of methoxy groups -OCH3 is 1. The van der Waals surface area contributed by atoms with Gasteiger partial charge in [0.05, 0.1) is 19.8 Å². The van der Waals surface area contributed by atoms with E-state index in [1.54, 1.807) is 7.11 Å². The average molecular weight is 315 g/mol. The molecule has 1 heterocycles. The summed E-state index contributed by atoms with van der Waals surface area (Å²) in [6.07, 6.45) is 0.150. The summed E-state index contributed by atoms with van der Waals surface area (Å²) in [7, 11) is 1.70. The van der Waals surface area contributed by atoms with Crippen LogP contribution in [0.15, 0.2) is 22.7 Å². The van der Waals surface area contributed by atoms with Crippen LogP contribution in [0.25, 0.3) is 0 Å². The van der Waals surface area contributed by atoms with Gasteiger partial charge in [-0.15, -0.1) is 0 Å². The van der Waals surface area contributed by atoms with Gasteiger partial charge in [-0.05, 0) is 18.2 Å². The minimum absolute atomic E-state index is 0.150. The van der Waals surface area contributed by atoms with Crippen LogP contribution in [0, 0.1) is 0 Å². The summed E-state index contributed by atoms with van der Waals surface area (Å²) in [4.78, 5) is 2.35. The Morgan fingerprint density at radius 3 is 3.11 bits per heavy atom. The van der Waals surface area contributed by atoms with Gasteiger partial charge in [0.25, 0.3) is 0 Å². The third-order valence-corrected chi connectivity index (χ3v) is 3.62. The Balaban J connectivity index is 2.06. The molecule has 0 radical (unpaired) electrons. The fourth-order valence-electron chi connectivity index (χ4n) is 2.18. The number of morpholine rings is 1. The van der Waals surface area contributed by atoms with E-state index < -0.39 is 0 Å². The highest BCUT2D eigenvalue weighted by molar-refractivity contribution is 9.10. The molecule has 2 rings (SSSR count). The molecule has 0 aliphatic carbocycles. The van der Waals surface area contributed by atoms with Gasteiger partial charge in [0, 0.05) is 36.2 Å². The van der Waals surface area contributed by atoms with Crippen molar-refractivity contribution in [1.82, 2.24) is 4.90 Å². The summed E-state index contributed by atoms with van der Waals surface area (Å²) in [5, 5.41) is 0. The summed E-state index contributed by atoms with van der Waals surface area (Å²) in [6.45, 7) is 4.01. The number of hydrogen-bond donors (Lipinski definition) is 1. The molecule has 1 unspecified atom stereocenters. The summed E-state index contributed by atoms with van der Waals surface area (Å²) in [6, 6.07) is 6.08. The van der Waals surface area contributed by atoms with Crippen LogP contribution in [0.2, 0.25) is 0 Å². The van der Waals surface area contributed by atoms with Crippen LogP contribution in [0.5, 0.6) is 5.75 Å². The van der Waals surface area contributed by atoms with Gasteiger partial charge < -0.3 is 15.2 Å². The predicted octanol–water partition coefficient (Wildman–Crippen LogP) is 1.62. The Labute approximate surface area is 116 Å². The van der Waals surface area contributed by atoms with E-state index in [4.69, 9.17) is 15.2 Å². The number of benzene rings is 1. The number of nitrogens with zero attached hydrogens (tertiary/aromatic N) is 1. The molecule has 0 bridgehead atoms. The lowest BCUT2D eigenvalue weighted by molar-refractivity contribution is -0.0262. The fourth-order valence-corrected chi connectivity index (χ4v) is 2.59. The van der Waals surface area contributed by atoms with Crippen LogP contribution in [0.1, 0.15) is 5.56 Å². The molecule has 0 saturated carbocycles. The highest BCUT2D eigenvalue weighted by Gasteiger charge is 2.20. The Hall–Kier alpha value is -0.620. The zero-order valence-electron chi connectivity index (χ0n) is 10.6. The Morgan fingerprint density at radius 2 is 2.39 bits per heavy atom. The molecular weight excluding hydrogens is 296 g/mol. The van der Waals surface area contributed by atoms with E-state index >= 15 is 0 Å². The third-order valence-electron chi connectivity index (χ3n) is 3.12. The molecule has 1 aliphatic heterocycles. The first-order valence-corrected chi connectivity index (χ1v) is 6.88. The van der Waals surface area contributed by atoms with E-state index in [0.717, 1.165) is 36.5 Å². The Morgan fingerprint density at radius 1 is 1.56 bits per heavy atom. The highest BCUT2D eigenvalue weighted by atomic mass is 79.9. The second kappa shape index (κ2) is 6.52. The van der Waals surface area contributed by atoms with Gasteiger partial charge in [0.2, 0.25) is 0 Å². The lowest BCUT2D eigenvalue weighted by Gasteiger charge is -2.32. The maximum atomic E-state index is 5.66. The van der Waals surface area contributed by atoms with Crippen molar-refractivity contribution in [1.29, 1.82) is 0 Å². The number of hydrogen-bond acceptors (Lipinski definition) is 4. The van der Waals surface area contributed by atoms with Crippen LogP contribution in [0.4, 0.5) is 0 Å². The van der Waals surface area contributed by atoms with Crippen molar-refractivity contribution in [3.63, 3.8) is 0 Å². The first-order valence-electron chi connectivity index (χ1n) is 6.09. The zero-order valence-corrected chi connectivity index (χ0v) is 12.1. The number of halogens is 1. The van der Waals surface area contributed by atoms with Gasteiger partial charge >= 0.3 is 0 Å². The lowest BCUT2D eigenvalue weighted by atomic mass is 10.1. The maximum absolute atomic E-state index is 5.66. The highest BCUT2D eigenvalue weighted by Crippen LogP contribution is 2.24. The molecule has 100 valence electrons. The Bertz CT molecular complexity index is 401. The van der Waals surface area contributed by atoms with Crippen LogP contribution in [0.3, 0.4) is 0 Å². The average Bonchev–Trinajstić information content (AvgIpc) is 2.39. The maximum Gasteiger partial charge on any atom is 0.123 e. The standard InChI is InChI=1S/C13H19BrN2O2/c1-17-13-3-2-11(14)6-10(13)8-16-4-5-18-12(7-15)9-16/h2-3,6,12H,4-5,7-9,15H2,1H3. The first kappa shape index (κ1) is 13.8. The normalized spacial score (nSPS) is 20.9. The molecule has 1 saturated heterocycles. The second-order valence-corrected chi connectivity index (χ2v) is 5.34. The van der Waals surface area contributed by atoms with Crippen LogP contribution in [-0.4, -0.2) is 44.4 Å². The third kappa shape index (κ3) is 3.45. The molecule has 1 atom stereocenters. The van der Waals surface area contributed by atoms with E-state index in [0.29, 0.717) is 6.54 Å². The van der Waals surface area contributed by atoms with E-state index in [1.165, 1.54) is 5.56 Å². The molecule has 4 nitrogen and oxygen atoms in total. The van der Waals surface area contributed by atoms with Crippen molar-refractivity contribution < 1.29 is 9.47 Å².